The average Bonchev–Trinajstić information content (AvgIpc) is 3.10. The molecule has 9 nitrogen and oxygen atoms in total. The van der Waals surface area contributed by atoms with E-state index in [0.717, 1.165) is 22.3 Å². The lowest BCUT2D eigenvalue weighted by molar-refractivity contribution is 0.0255. The third-order valence-electron chi connectivity index (χ3n) is 5.25. The van der Waals surface area contributed by atoms with Gasteiger partial charge in [0, 0.05) is 25.1 Å². The number of carboxylic acids is 1. The minimum absolute atomic E-state index is 0.0333. The van der Waals surface area contributed by atoms with E-state index in [0.29, 0.717) is 45.1 Å². The van der Waals surface area contributed by atoms with Crippen LogP contribution in [0.4, 0.5) is 0 Å². The average molecular weight is 442 g/mol. The monoisotopic (exact) mass is 442 g/mol. The minimum atomic E-state index is -1.04. The van der Waals surface area contributed by atoms with Crippen LogP contribution in [0.25, 0.3) is 11.1 Å². The van der Waals surface area contributed by atoms with Gasteiger partial charge in [-0.15, -0.1) is 0 Å². The molecule has 0 saturated heterocycles. The number of nitrogens with zero attached hydrogens (tertiary/aromatic N) is 1. The molecule has 0 spiro atoms. The van der Waals surface area contributed by atoms with E-state index in [1.165, 1.54) is 6.07 Å². The molecule has 9 heteroatoms. The Bertz CT molecular complexity index is 977. The Labute approximate surface area is 185 Å². The fraction of sp³-hybridized carbons (Fsp3) is 0.391. The predicted molar refractivity (Wildman–Crippen MR) is 117 cm³/mol. The summed E-state index contributed by atoms with van der Waals surface area (Å²) in [7, 11) is 1.61. The standard InChI is InChI=1S/C23H26N2O7/c1-30-8-9-32-11-10-31-7-6-24-22(26)15-2-4-17-18-5-3-16(23(27)28)13-20(18)21(14-25-29)19(17)12-15/h2-5,12-13,21H,6-11,14H2,1H3,(H,24,26)(H,27,28). The van der Waals surface area contributed by atoms with Gasteiger partial charge >= 0.3 is 5.97 Å². The lowest BCUT2D eigenvalue weighted by Crippen LogP contribution is -2.27. The van der Waals surface area contributed by atoms with Gasteiger partial charge in [0.1, 0.15) is 0 Å². The lowest BCUT2D eigenvalue weighted by Gasteiger charge is -2.11. The smallest absolute Gasteiger partial charge is 0.335 e. The molecule has 170 valence electrons. The van der Waals surface area contributed by atoms with Gasteiger partial charge in [-0.2, -0.15) is 4.91 Å². The third kappa shape index (κ3) is 5.56. The zero-order valence-electron chi connectivity index (χ0n) is 17.8. The Balaban J connectivity index is 1.60. The molecule has 1 aliphatic rings. The molecule has 2 aromatic rings. The Kier molecular flexibility index (Phi) is 8.43. The first-order chi connectivity index (χ1) is 15.6. The highest BCUT2D eigenvalue weighted by Gasteiger charge is 2.30. The number of carboxylic acid groups (broad SMARTS) is 1. The number of methoxy groups -OCH3 is 1. The molecule has 0 fully saturated rings. The van der Waals surface area contributed by atoms with Crippen molar-refractivity contribution < 1.29 is 28.9 Å². The maximum Gasteiger partial charge on any atom is 0.335 e. The van der Waals surface area contributed by atoms with Gasteiger partial charge in [0.05, 0.1) is 45.1 Å². The molecule has 2 aromatic carbocycles. The van der Waals surface area contributed by atoms with Crippen molar-refractivity contribution in [3.05, 3.63) is 63.6 Å². The van der Waals surface area contributed by atoms with Crippen LogP contribution in [0.2, 0.25) is 0 Å². The Morgan fingerprint density at radius 2 is 1.53 bits per heavy atom. The molecule has 0 aliphatic heterocycles. The topological polar surface area (TPSA) is 124 Å². The minimum Gasteiger partial charge on any atom is -0.478 e. The van der Waals surface area contributed by atoms with Gasteiger partial charge in [0.2, 0.25) is 0 Å². The molecule has 3 rings (SSSR count). The highest BCUT2D eigenvalue weighted by atomic mass is 16.5. The van der Waals surface area contributed by atoms with E-state index in [9.17, 15) is 19.6 Å². The zero-order valence-corrected chi connectivity index (χ0v) is 17.8. The third-order valence-corrected chi connectivity index (χ3v) is 5.25. The van der Waals surface area contributed by atoms with E-state index in [-0.39, 0.29) is 23.9 Å². The van der Waals surface area contributed by atoms with E-state index in [4.69, 9.17) is 14.2 Å². The molecule has 1 unspecified atom stereocenters. The Morgan fingerprint density at radius 1 is 0.938 bits per heavy atom. The number of carbonyl (C=O) groups is 2. The normalized spacial score (nSPS) is 14.0. The van der Waals surface area contributed by atoms with Gasteiger partial charge in [-0.1, -0.05) is 17.3 Å². The number of nitrogens with one attached hydrogen (secondary N) is 1. The summed E-state index contributed by atoms with van der Waals surface area (Å²) in [5, 5.41) is 15.1. The van der Waals surface area contributed by atoms with Crippen molar-refractivity contribution in [1.82, 2.24) is 5.32 Å². The maximum atomic E-state index is 12.6. The van der Waals surface area contributed by atoms with Gasteiger partial charge < -0.3 is 24.6 Å². The van der Waals surface area contributed by atoms with Crippen molar-refractivity contribution in [2.45, 2.75) is 5.92 Å². The largest absolute Gasteiger partial charge is 0.478 e. The highest BCUT2D eigenvalue weighted by molar-refractivity contribution is 5.96. The molecule has 1 amide bonds. The quantitative estimate of drug-likeness (QED) is 0.361. The van der Waals surface area contributed by atoms with E-state index in [2.05, 4.69) is 10.5 Å². The Hall–Kier alpha value is -3.14. The summed E-state index contributed by atoms with van der Waals surface area (Å²) in [6.07, 6.45) is 0. The first-order valence-electron chi connectivity index (χ1n) is 10.3. The summed E-state index contributed by atoms with van der Waals surface area (Å²) in [5.41, 5.74) is 3.85. The fourth-order valence-corrected chi connectivity index (χ4v) is 3.71. The predicted octanol–water partition coefficient (Wildman–Crippen LogP) is 2.67. The van der Waals surface area contributed by atoms with Crippen molar-refractivity contribution in [2.24, 2.45) is 5.18 Å². The van der Waals surface area contributed by atoms with E-state index in [1.54, 1.807) is 31.4 Å². The molecule has 2 N–H and O–H groups in total. The van der Waals surface area contributed by atoms with Gasteiger partial charge in [-0.3, -0.25) is 4.79 Å². The summed E-state index contributed by atoms with van der Waals surface area (Å²) >= 11 is 0. The molecule has 1 aliphatic carbocycles. The van der Waals surface area contributed by atoms with E-state index in [1.807, 2.05) is 6.07 Å². The number of hydrogen-bond donors (Lipinski definition) is 2. The summed E-state index contributed by atoms with van der Waals surface area (Å²) < 4.78 is 15.6. The molecule has 0 bridgehead atoms. The molecule has 0 saturated carbocycles. The number of carbonyl (C=O) groups excluding carboxylic acids is 1. The second kappa shape index (κ2) is 11.5. The van der Waals surface area contributed by atoms with Crippen LogP contribution in [-0.4, -0.2) is 70.2 Å². The number of amides is 1. The van der Waals surface area contributed by atoms with Crippen LogP contribution in [0.1, 0.15) is 37.8 Å². The number of nitroso groups, excluding NO2 is 1. The van der Waals surface area contributed by atoms with Crippen LogP contribution in [0.15, 0.2) is 41.6 Å². The molecular weight excluding hydrogens is 416 g/mol. The van der Waals surface area contributed by atoms with Crippen molar-refractivity contribution >= 4 is 11.9 Å². The maximum absolute atomic E-state index is 12.6. The summed E-state index contributed by atoms with van der Waals surface area (Å²) in [6, 6.07) is 10.1. The molecule has 1 atom stereocenters. The van der Waals surface area contributed by atoms with Crippen LogP contribution < -0.4 is 5.32 Å². The number of aromatic carboxylic acids is 1. The summed E-state index contributed by atoms with van der Waals surface area (Å²) in [6.45, 7) is 2.59. The first-order valence-corrected chi connectivity index (χ1v) is 10.3. The molecule has 0 aromatic heterocycles. The van der Waals surface area contributed by atoms with Crippen LogP contribution in [0.5, 0.6) is 0 Å². The second-order valence-electron chi connectivity index (χ2n) is 7.25. The zero-order chi connectivity index (χ0) is 22.9. The highest BCUT2D eigenvalue weighted by Crippen LogP contribution is 2.45. The molecule has 32 heavy (non-hydrogen) atoms. The van der Waals surface area contributed by atoms with E-state index < -0.39 is 5.97 Å². The Morgan fingerprint density at radius 3 is 2.16 bits per heavy atom. The number of benzene rings is 2. The molecule has 0 heterocycles. The summed E-state index contributed by atoms with van der Waals surface area (Å²) in [4.78, 5) is 35.0. The number of rotatable bonds is 13. The molecule has 0 radical (unpaired) electrons. The SMILES string of the molecule is COCCOCCOCCNC(=O)c1ccc2c(c1)C(CN=O)c1cc(C(=O)O)ccc1-2. The summed E-state index contributed by atoms with van der Waals surface area (Å²) in [5.74, 6) is -1.68. The second-order valence-corrected chi connectivity index (χ2v) is 7.25. The van der Waals surface area contributed by atoms with Crippen molar-refractivity contribution in [3.63, 3.8) is 0 Å². The van der Waals surface area contributed by atoms with Crippen LogP contribution in [-0.2, 0) is 14.2 Å². The first kappa shape index (κ1) is 23.5. The number of ether oxygens (including phenoxy) is 3. The van der Waals surface area contributed by atoms with Crippen LogP contribution in [0.3, 0.4) is 0 Å². The van der Waals surface area contributed by atoms with Crippen molar-refractivity contribution in [2.75, 3.05) is 53.2 Å². The van der Waals surface area contributed by atoms with Gasteiger partial charge in [-0.05, 0) is 46.5 Å². The lowest BCUT2D eigenvalue weighted by atomic mass is 9.95. The fourth-order valence-electron chi connectivity index (χ4n) is 3.71. The molecular formula is C23H26N2O7. The number of fused-ring (bicyclic) bond motifs is 3. The van der Waals surface area contributed by atoms with Crippen molar-refractivity contribution in [1.29, 1.82) is 0 Å². The van der Waals surface area contributed by atoms with Crippen LogP contribution in [0, 0.1) is 4.91 Å². The van der Waals surface area contributed by atoms with Crippen LogP contribution >= 0.6 is 0 Å². The van der Waals surface area contributed by atoms with E-state index >= 15 is 0 Å². The van der Waals surface area contributed by atoms with Gasteiger partial charge in [0.25, 0.3) is 5.91 Å². The van der Waals surface area contributed by atoms with Gasteiger partial charge in [0.15, 0.2) is 0 Å². The number of hydrogen-bond acceptors (Lipinski definition) is 7. The van der Waals surface area contributed by atoms with Gasteiger partial charge in [-0.25, -0.2) is 4.79 Å². The van der Waals surface area contributed by atoms with Crippen molar-refractivity contribution in [3.8, 4) is 11.1 Å².